The normalized spacial score (nSPS) is 24.9. The molecule has 4 saturated heterocycles. The number of rotatable bonds is 4. The Bertz CT molecular complexity index is 3380. The van der Waals surface area contributed by atoms with Gasteiger partial charge in [0.25, 0.3) is 0 Å². The van der Waals surface area contributed by atoms with Gasteiger partial charge in [-0.15, -0.1) is 71.0 Å². The fourth-order valence-electron chi connectivity index (χ4n) is 11.1. The number of hydrogen-bond donors (Lipinski definition) is 10. The number of aliphatic hydroxyl groups is 8. The van der Waals surface area contributed by atoms with Crippen LogP contribution in [0, 0.1) is 23.7 Å². The third-order valence-electron chi connectivity index (χ3n) is 15.4. The summed E-state index contributed by atoms with van der Waals surface area (Å²) < 4.78 is 15.0. The Morgan fingerprint density at radius 2 is 0.784 bits per heavy atom. The van der Waals surface area contributed by atoms with Crippen LogP contribution in [-0.4, -0.2) is 155 Å². The molecule has 8 N–H and O–H groups in total. The third kappa shape index (κ3) is 15.8. The number of ketones is 1. The van der Waals surface area contributed by atoms with E-state index < -0.39 is 78.3 Å². The lowest BCUT2D eigenvalue weighted by atomic mass is 9.95. The highest BCUT2D eigenvalue weighted by molar-refractivity contribution is 15.0. The van der Waals surface area contributed by atoms with Gasteiger partial charge in [0, 0.05) is 77.4 Å². The van der Waals surface area contributed by atoms with Gasteiger partial charge in [0.1, 0.15) is 69.2 Å². The first-order valence-electron chi connectivity index (χ1n) is 27.6. The maximum Gasteiger partial charge on any atom is 0.194 e. The molecular formula is C64H61Br4I3O11S6. The van der Waals surface area contributed by atoms with Gasteiger partial charge in [0.05, 0.1) is 13.2 Å². The van der Waals surface area contributed by atoms with Crippen molar-refractivity contribution in [3.8, 4) is 57.1 Å². The number of thioether (sulfide) groups is 4. The van der Waals surface area contributed by atoms with E-state index in [1.54, 1.807) is 0 Å². The number of ether oxygens (including phenoxy) is 2. The van der Waals surface area contributed by atoms with Crippen LogP contribution in [0.2, 0.25) is 0 Å². The largest absolute Gasteiger partial charge is 0.394 e. The molecule has 4 fully saturated rings. The molecule has 88 heavy (non-hydrogen) atoms. The average molecular weight is 1900 g/mol. The summed E-state index contributed by atoms with van der Waals surface area (Å²) in [6.45, 7) is -1.04. The Morgan fingerprint density at radius 1 is 0.466 bits per heavy atom. The van der Waals surface area contributed by atoms with Crippen molar-refractivity contribution < 1.29 is 55.1 Å². The van der Waals surface area contributed by atoms with E-state index in [1.165, 1.54) is 49.1 Å². The molecule has 0 unspecified atom stereocenters. The second kappa shape index (κ2) is 33.7. The number of halogens is 7. The van der Waals surface area contributed by atoms with Gasteiger partial charge in [0.2, 0.25) is 0 Å². The van der Waals surface area contributed by atoms with E-state index in [0.717, 1.165) is 89.3 Å². The van der Waals surface area contributed by atoms with Gasteiger partial charge in [-0.1, -0.05) is 124 Å². The molecule has 6 aromatic carbocycles. The number of aliphatic hydroxyl groups excluding tert-OH is 8. The summed E-state index contributed by atoms with van der Waals surface area (Å²) in [6.07, 6.45) is -9.49. The summed E-state index contributed by atoms with van der Waals surface area (Å²) in [4.78, 5) is 12.2. The number of hydrogen-bond acceptors (Lipinski definition) is 17. The second-order valence-electron chi connectivity index (χ2n) is 20.8. The molecule has 0 bridgehead atoms. The summed E-state index contributed by atoms with van der Waals surface area (Å²) >= 11 is 34.1. The Balaban J connectivity index is 0.000000186. The van der Waals surface area contributed by atoms with Crippen LogP contribution in [0.15, 0.2) is 127 Å². The lowest BCUT2D eigenvalue weighted by Crippen LogP contribution is -2.58. The van der Waals surface area contributed by atoms with Crippen LogP contribution in [0.5, 0.6) is 0 Å². The van der Waals surface area contributed by atoms with E-state index in [-0.39, 0.29) is 33.8 Å². The number of carbonyl (C=O) groups is 1. The number of benzene rings is 6. The molecule has 4 aliphatic heterocycles. The van der Waals surface area contributed by atoms with Crippen LogP contribution >= 0.6 is 197 Å². The van der Waals surface area contributed by atoms with Crippen molar-refractivity contribution in [2.45, 2.75) is 88.5 Å². The molecule has 24 heteroatoms. The summed E-state index contributed by atoms with van der Waals surface area (Å²) in [7, 11) is 0. The topological polar surface area (TPSA) is 197 Å². The monoisotopic (exact) mass is 1890 g/mol. The minimum atomic E-state index is -1.49. The molecule has 468 valence electrons. The fourth-order valence-corrected chi connectivity index (χ4v) is 20.1. The van der Waals surface area contributed by atoms with E-state index in [2.05, 4.69) is 210 Å². The lowest BCUT2D eigenvalue weighted by molar-refractivity contribution is -0.214. The molecule has 6 aromatic rings. The van der Waals surface area contributed by atoms with E-state index in [4.69, 9.17) is 9.47 Å². The minimum absolute atomic E-state index is 0. The average Bonchev–Trinajstić information content (AvgIpc) is 1.77. The first-order valence-corrected chi connectivity index (χ1v) is 42.2. The van der Waals surface area contributed by atoms with Gasteiger partial charge in [-0.3, -0.25) is 4.79 Å². The Hall–Kier alpha value is -0.0800. The molecule has 10 atom stereocenters. The maximum absolute atomic E-state index is 12.2. The van der Waals surface area contributed by atoms with Crippen LogP contribution in [-0.2, 0) is 17.6 Å². The van der Waals surface area contributed by atoms with Crippen LogP contribution in [0.1, 0.15) is 68.6 Å². The number of fused-ring (bicyclic) bond motifs is 13. The van der Waals surface area contributed by atoms with E-state index in [0.29, 0.717) is 11.1 Å². The van der Waals surface area contributed by atoms with E-state index in [9.17, 15) is 45.6 Å². The van der Waals surface area contributed by atoms with Crippen LogP contribution in [0.3, 0.4) is 0 Å². The zero-order chi connectivity index (χ0) is 62.3. The molecule has 0 amide bonds. The molecule has 4 heterocycles. The number of thiol groups is 2. The molecule has 0 saturated carbocycles. The van der Waals surface area contributed by atoms with Gasteiger partial charge in [0.15, 0.2) is 5.78 Å². The van der Waals surface area contributed by atoms with Crippen LogP contribution in [0.4, 0.5) is 0 Å². The van der Waals surface area contributed by atoms with E-state index >= 15 is 0 Å². The molecule has 7 aliphatic rings. The van der Waals surface area contributed by atoms with Gasteiger partial charge in [-0.25, -0.2) is 0 Å². The zero-order valence-electron chi connectivity index (χ0n) is 46.4. The van der Waals surface area contributed by atoms with Gasteiger partial charge in [-0.05, 0) is 182 Å². The molecule has 2 spiro atoms. The lowest BCUT2D eigenvalue weighted by Gasteiger charge is -2.37. The SMILES string of the molecule is Brc1ccc2c(c1)C1(SCCCS1)c1cc(Br)ccc1-2.I.II.O=C1c2cc(Br)ccc2-c2ccc(Br)cc21.OC[C@H]1O[C@H](C#Cc2ccc3c(c2)C2(SCCCS2)c2cc(C#C[C@H]4O[C@H](CO)[C@@H](O)[C@H](O)[C@@H]4O)ccc2-3)[C@@H](O)[C@@H](O)[C@@H]1O.SCCCS. The molecular weight excluding hydrogens is 1840 g/mol. The maximum atomic E-state index is 12.2. The van der Waals surface area contributed by atoms with Crippen molar-refractivity contribution in [1.29, 1.82) is 0 Å². The van der Waals surface area contributed by atoms with Crippen molar-refractivity contribution in [3.05, 3.63) is 172 Å². The van der Waals surface area contributed by atoms with Crippen molar-refractivity contribution in [2.24, 2.45) is 0 Å². The molecule has 3 aliphatic carbocycles. The number of carbonyl (C=O) groups excluding carboxylic acids is 1. The van der Waals surface area contributed by atoms with Gasteiger partial charge < -0.3 is 50.3 Å². The third-order valence-corrected chi connectivity index (χ3v) is 24.7. The first-order chi connectivity index (χ1) is 42.0. The molecule has 13 rings (SSSR count). The predicted octanol–water partition coefficient (Wildman–Crippen LogP) is 13.4. The highest BCUT2D eigenvalue weighted by Crippen LogP contribution is 2.64. The summed E-state index contributed by atoms with van der Waals surface area (Å²) in [5, 5.41) is 80.1. The highest BCUT2D eigenvalue weighted by atomic mass is 128. The zero-order valence-corrected chi connectivity index (χ0v) is 64.5. The van der Waals surface area contributed by atoms with Crippen molar-refractivity contribution in [2.75, 3.05) is 47.7 Å². The minimum Gasteiger partial charge on any atom is -0.394 e. The summed E-state index contributed by atoms with van der Waals surface area (Å²) in [6, 6.07) is 36.9. The van der Waals surface area contributed by atoms with Gasteiger partial charge >= 0.3 is 0 Å². The Labute approximate surface area is 615 Å². The van der Waals surface area contributed by atoms with Gasteiger partial charge in [-0.2, -0.15) is 25.3 Å². The van der Waals surface area contributed by atoms with Crippen molar-refractivity contribution >= 4 is 203 Å². The fraction of sp³-hybridized carbons (Fsp3) is 0.359. The standard InChI is InChI=1S/C32H34O10S2.C16H12Br2S2.C13H6Br2O.C3H8S2.I2.HI/c33-14-24-28(37)30(39)26(35)22(41-24)8-4-16-2-6-18-19-7-3-17(5-9-23-27(36)31(40)29(38)25(15-34)42-23)13-21(19)32(20(18)12-16)43-10-1-11-44-32;17-10-2-4-12-13-5-3-11(18)9-15(13)16(14(12)8-10)19-6-1-7-20-16;14-7-1-3-9-10-4-2-8(15)6-12(10)13(16)11(9)5-7;4-2-1-3-5;1-2;/h2-3,6-7,12-13,22-31,33-40H,1,10-11,14-15H2;2-5,8-9H,1,6-7H2;1-6H;4-5H,1-3H2;;1H/t22-,23-,24-,25-,26-,27-,28-,29-,30-,31-;;;;;/m1...../s1. The van der Waals surface area contributed by atoms with E-state index in [1.807, 2.05) is 96.3 Å². The Morgan fingerprint density at radius 3 is 1.11 bits per heavy atom. The smallest absolute Gasteiger partial charge is 0.194 e. The molecule has 11 nitrogen and oxygen atoms in total. The highest BCUT2D eigenvalue weighted by Gasteiger charge is 2.48. The second-order valence-corrected chi connectivity index (χ2v) is 31.1. The molecule has 0 radical (unpaired) electrons. The predicted molar refractivity (Wildman–Crippen MR) is 408 cm³/mol. The molecule has 0 aromatic heterocycles. The van der Waals surface area contributed by atoms with Crippen molar-refractivity contribution in [1.82, 2.24) is 0 Å². The summed E-state index contributed by atoms with van der Waals surface area (Å²) in [5.74, 6) is 18.2. The van der Waals surface area contributed by atoms with Crippen LogP contribution < -0.4 is 0 Å². The summed E-state index contributed by atoms with van der Waals surface area (Å²) in [5.41, 5.74) is 15.0. The first kappa shape index (κ1) is 73.7. The quantitative estimate of drug-likeness (QED) is 0.0454. The van der Waals surface area contributed by atoms with Crippen molar-refractivity contribution in [3.63, 3.8) is 0 Å². The van der Waals surface area contributed by atoms with Crippen LogP contribution in [0.25, 0.3) is 33.4 Å². The Kier molecular flexibility index (Phi) is 28.3.